The van der Waals surface area contributed by atoms with E-state index in [9.17, 15) is 5.11 Å². The van der Waals surface area contributed by atoms with Gasteiger partial charge in [0.2, 0.25) is 0 Å². The van der Waals surface area contributed by atoms with E-state index in [1.807, 2.05) is 6.07 Å². The lowest BCUT2D eigenvalue weighted by atomic mass is 9.93. The number of hydrogen-bond acceptors (Lipinski definition) is 5. The molecule has 22 heavy (non-hydrogen) atoms. The molecule has 1 saturated heterocycles. The lowest BCUT2D eigenvalue weighted by Crippen LogP contribution is -2.58. The van der Waals surface area contributed by atoms with Crippen LogP contribution in [-0.2, 0) is 9.16 Å². The normalized spacial score (nSPS) is 31.4. The molecule has 1 aliphatic heterocycles. The first-order valence-corrected chi connectivity index (χ1v) is 10.7. The van der Waals surface area contributed by atoms with Crippen molar-refractivity contribution in [2.24, 2.45) is 5.73 Å². The Morgan fingerprint density at radius 2 is 2.14 bits per heavy atom. The average Bonchev–Trinajstić information content (AvgIpc) is 2.39. The van der Waals surface area contributed by atoms with Crippen molar-refractivity contribution < 1.29 is 14.3 Å². The minimum Gasteiger partial charge on any atom is -0.411 e. The first-order valence-electron chi connectivity index (χ1n) is 7.80. The van der Waals surface area contributed by atoms with E-state index in [0.717, 1.165) is 0 Å². The van der Waals surface area contributed by atoms with Gasteiger partial charge in [-0.25, -0.2) is 0 Å². The zero-order valence-corrected chi connectivity index (χ0v) is 15.4. The fraction of sp³-hybridized carbons (Fsp3) is 0.812. The predicted molar refractivity (Wildman–Crippen MR) is 89.8 cm³/mol. The SMILES string of the molecule is C=C[C@H](N)C1OC(CC#N)C(O)CC1O[Si](C)(C)C(C)(C)C. The Morgan fingerprint density at radius 1 is 1.55 bits per heavy atom. The molecule has 1 fully saturated rings. The van der Waals surface area contributed by atoms with Gasteiger partial charge in [0.05, 0.1) is 36.8 Å². The number of aliphatic hydroxyl groups is 1. The van der Waals surface area contributed by atoms with Gasteiger partial charge in [-0.2, -0.15) is 5.26 Å². The summed E-state index contributed by atoms with van der Waals surface area (Å²) in [6.45, 7) is 14.6. The molecule has 0 aromatic heterocycles. The van der Waals surface area contributed by atoms with Gasteiger partial charge in [-0.1, -0.05) is 26.8 Å². The topological polar surface area (TPSA) is 88.5 Å². The first kappa shape index (κ1) is 19.3. The van der Waals surface area contributed by atoms with E-state index in [1.54, 1.807) is 6.08 Å². The Hall–Kier alpha value is -0.713. The van der Waals surface area contributed by atoms with E-state index in [0.29, 0.717) is 6.42 Å². The van der Waals surface area contributed by atoms with Crippen LogP contribution in [0.5, 0.6) is 0 Å². The summed E-state index contributed by atoms with van der Waals surface area (Å²) in [6.07, 6.45) is 0.336. The van der Waals surface area contributed by atoms with Gasteiger partial charge in [-0.05, 0) is 18.1 Å². The zero-order chi connectivity index (χ0) is 17.1. The highest BCUT2D eigenvalue weighted by atomic mass is 28.4. The molecule has 0 amide bonds. The highest BCUT2D eigenvalue weighted by molar-refractivity contribution is 6.74. The second kappa shape index (κ2) is 7.24. The van der Waals surface area contributed by atoms with Crippen molar-refractivity contribution in [3.63, 3.8) is 0 Å². The van der Waals surface area contributed by atoms with Crippen molar-refractivity contribution in [2.45, 2.75) is 82.2 Å². The van der Waals surface area contributed by atoms with Crippen LogP contribution in [0.3, 0.4) is 0 Å². The van der Waals surface area contributed by atoms with E-state index >= 15 is 0 Å². The fourth-order valence-corrected chi connectivity index (χ4v) is 3.66. The Bertz CT molecular complexity index is 428. The Balaban J connectivity index is 2.96. The van der Waals surface area contributed by atoms with Gasteiger partial charge in [0.1, 0.15) is 6.10 Å². The van der Waals surface area contributed by atoms with Crippen molar-refractivity contribution in [1.29, 1.82) is 5.26 Å². The molecule has 6 heteroatoms. The number of hydrogen-bond donors (Lipinski definition) is 2. The van der Waals surface area contributed by atoms with Crippen LogP contribution in [0.15, 0.2) is 12.7 Å². The minimum atomic E-state index is -2.01. The van der Waals surface area contributed by atoms with Crippen LogP contribution in [0.25, 0.3) is 0 Å². The van der Waals surface area contributed by atoms with Crippen LogP contribution in [0.1, 0.15) is 33.6 Å². The number of nitrogens with two attached hydrogens (primary N) is 1. The van der Waals surface area contributed by atoms with Crippen LogP contribution in [-0.4, -0.2) is 43.9 Å². The molecule has 3 N–H and O–H groups in total. The molecule has 0 aromatic carbocycles. The molecule has 0 bridgehead atoms. The van der Waals surface area contributed by atoms with E-state index in [2.05, 4.69) is 40.4 Å². The molecule has 4 unspecified atom stereocenters. The Kier molecular flexibility index (Phi) is 6.36. The van der Waals surface area contributed by atoms with Crippen molar-refractivity contribution in [3.8, 4) is 6.07 Å². The Labute approximate surface area is 135 Å². The van der Waals surface area contributed by atoms with Crippen LogP contribution < -0.4 is 5.73 Å². The maximum absolute atomic E-state index is 10.2. The van der Waals surface area contributed by atoms with Crippen LogP contribution in [0, 0.1) is 11.3 Å². The van der Waals surface area contributed by atoms with Crippen molar-refractivity contribution in [2.75, 3.05) is 0 Å². The second-order valence-corrected chi connectivity index (χ2v) is 12.3. The van der Waals surface area contributed by atoms with Gasteiger partial charge in [0.15, 0.2) is 8.32 Å². The first-order chi connectivity index (χ1) is 10.0. The largest absolute Gasteiger partial charge is 0.411 e. The van der Waals surface area contributed by atoms with Crippen molar-refractivity contribution in [3.05, 3.63) is 12.7 Å². The quantitative estimate of drug-likeness (QED) is 0.598. The van der Waals surface area contributed by atoms with Gasteiger partial charge >= 0.3 is 0 Å². The molecule has 0 aliphatic carbocycles. The molecule has 5 nitrogen and oxygen atoms in total. The van der Waals surface area contributed by atoms with E-state index in [1.165, 1.54) is 0 Å². The summed E-state index contributed by atoms with van der Waals surface area (Å²) in [5.74, 6) is 0. The van der Waals surface area contributed by atoms with E-state index in [-0.39, 0.29) is 29.7 Å². The third-order valence-electron chi connectivity index (χ3n) is 4.80. The summed E-state index contributed by atoms with van der Waals surface area (Å²) in [5.41, 5.74) is 6.10. The van der Waals surface area contributed by atoms with Crippen molar-refractivity contribution in [1.82, 2.24) is 0 Å². The van der Waals surface area contributed by atoms with Crippen LogP contribution in [0.2, 0.25) is 18.1 Å². The van der Waals surface area contributed by atoms with Crippen LogP contribution >= 0.6 is 0 Å². The number of rotatable bonds is 5. The summed E-state index contributed by atoms with van der Waals surface area (Å²) in [7, 11) is -2.01. The summed E-state index contributed by atoms with van der Waals surface area (Å²) < 4.78 is 12.3. The van der Waals surface area contributed by atoms with Gasteiger partial charge in [-0.3, -0.25) is 0 Å². The second-order valence-electron chi connectivity index (χ2n) is 7.53. The summed E-state index contributed by atoms with van der Waals surface area (Å²) in [5, 5.41) is 19.2. The summed E-state index contributed by atoms with van der Waals surface area (Å²) in [6, 6.07) is 1.66. The highest BCUT2D eigenvalue weighted by Gasteiger charge is 2.45. The third kappa shape index (κ3) is 4.40. The number of nitrogens with zero attached hydrogens (tertiary/aromatic N) is 1. The van der Waals surface area contributed by atoms with Crippen LogP contribution in [0.4, 0.5) is 0 Å². The molecule has 1 aliphatic rings. The molecule has 0 saturated carbocycles. The van der Waals surface area contributed by atoms with Gasteiger partial charge in [-0.15, -0.1) is 6.58 Å². The van der Waals surface area contributed by atoms with E-state index in [4.69, 9.17) is 20.2 Å². The number of ether oxygens (including phenoxy) is 1. The van der Waals surface area contributed by atoms with Gasteiger partial charge < -0.3 is 20.0 Å². The fourth-order valence-electron chi connectivity index (χ4n) is 2.32. The summed E-state index contributed by atoms with van der Waals surface area (Å²) >= 11 is 0. The molecule has 0 radical (unpaired) electrons. The monoisotopic (exact) mass is 326 g/mol. The van der Waals surface area contributed by atoms with Crippen molar-refractivity contribution >= 4 is 8.32 Å². The highest BCUT2D eigenvalue weighted by Crippen LogP contribution is 2.39. The third-order valence-corrected chi connectivity index (χ3v) is 9.30. The zero-order valence-electron chi connectivity index (χ0n) is 14.4. The molecule has 0 spiro atoms. The average molecular weight is 327 g/mol. The Morgan fingerprint density at radius 3 is 2.59 bits per heavy atom. The summed E-state index contributed by atoms with van der Waals surface area (Å²) in [4.78, 5) is 0. The molecule has 1 rings (SSSR count). The van der Waals surface area contributed by atoms with Gasteiger partial charge in [0, 0.05) is 6.42 Å². The molecule has 1 heterocycles. The molecular weight excluding hydrogens is 296 g/mol. The molecular formula is C16H30N2O3Si. The lowest BCUT2D eigenvalue weighted by Gasteiger charge is -2.46. The number of aliphatic hydroxyl groups excluding tert-OH is 1. The molecule has 0 aromatic rings. The van der Waals surface area contributed by atoms with E-state index < -0.39 is 20.5 Å². The maximum Gasteiger partial charge on any atom is 0.192 e. The molecule has 5 atom stereocenters. The minimum absolute atomic E-state index is 0.0598. The smallest absolute Gasteiger partial charge is 0.192 e. The lowest BCUT2D eigenvalue weighted by molar-refractivity contribution is -0.165. The van der Waals surface area contributed by atoms with Gasteiger partial charge in [0.25, 0.3) is 0 Å². The maximum atomic E-state index is 10.2. The predicted octanol–water partition coefficient (Wildman–Crippen LogP) is 2.32. The molecule has 126 valence electrons. The standard InChI is InChI=1S/C16H30N2O3Si/c1-7-11(18)15-14(21-22(5,6)16(2,3)4)10-12(19)13(20-15)8-9-17/h7,11-15,19H,1,8,10,18H2,2-6H3/t11-,12?,13?,14?,15?/m0/s1. The number of nitriles is 1.